The van der Waals surface area contributed by atoms with Gasteiger partial charge in [-0.1, -0.05) is 55.6 Å². The predicted molar refractivity (Wildman–Crippen MR) is 162 cm³/mol. The number of nitro benzene ring substituents is 1. The molecule has 2 saturated carbocycles. The van der Waals surface area contributed by atoms with Crippen molar-refractivity contribution in [1.29, 1.82) is 0 Å². The van der Waals surface area contributed by atoms with Crippen molar-refractivity contribution in [2.24, 2.45) is 23.7 Å². The summed E-state index contributed by atoms with van der Waals surface area (Å²) in [6, 6.07) is 17.9. The number of fused-ring (bicyclic) bond motifs is 5. The van der Waals surface area contributed by atoms with Gasteiger partial charge in [-0.15, -0.1) is 0 Å². The minimum atomic E-state index is -0.739. The van der Waals surface area contributed by atoms with Gasteiger partial charge in [0.25, 0.3) is 23.4 Å². The minimum absolute atomic E-state index is 0.0107. The first-order chi connectivity index (χ1) is 20.6. The Morgan fingerprint density at radius 3 is 1.98 bits per heavy atom. The molecule has 1 aliphatic heterocycles. The molecule has 0 spiro atoms. The molecule has 13 heteroatoms. The zero-order valence-corrected chi connectivity index (χ0v) is 26.1. The Labute approximate surface area is 267 Å². The van der Waals surface area contributed by atoms with E-state index in [-0.39, 0.29) is 43.3 Å². The van der Waals surface area contributed by atoms with Gasteiger partial charge in [0, 0.05) is 27.4 Å². The van der Waals surface area contributed by atoms with E-state index in [9.17, 15) is 29.3 Å². The summed E-state index contributed by atoms with van der Waals surface area (Å²) in [5, 5.41) is 12.8. The second-order valence-electron chi connectivity index (χ2n) is 10.6. The number of carbonyl (C=O) groups excluding carboxylic acids is 4. The number of halogens is 3. The Bertz CT molecular complexity index is 1620. The smallest absolute Gasteiger partial charge is 0.274 e. The summed E-state index contributed by atoms with van der Waals surface area (Å²) in [4.78, 5) is 65.3. The summed E-state index contributed by atoms with van der Waals surface area (Å²) in [5.74, 6) is -2.81. The molecule has 1 saturated heterocycles. The van der Waals surface area contributed by atoms with Gasteiger partial charge in [-0.3, -0.25) is 29.3 Å². The van der Waals surface area contributed by atoms with Crippen molar-refractivity contribution < 1.29 is 28.8 Å². The van der Waals surface area contributed by atoms with Crippen LogP contribution in [0, 0.1) is 33.8 Å². The molecule has 3 fully saturated rings. The summed E-state index contributed by atoms with van der Waals surface area (Å²) < 4.78 is 5.71. The van der Waals surface area contributed by atoms with Gasteiger partial charge in [-0.2, -0.15) is 5.01 Å². The molecule has 0 radical (unpaired) electrons. The number of carbonyl (C=O) groups is 4. The summed E-state index contributed by atoms with van der Waals surface area (Å²) in [6.07, 6.45) is 0.720. The summed E-state index contributed by atoms with van der Waals surface area (Å²) in [5.41, 5.74) is 0.198. The lowest BCUT2D eigenvalue weighted by Crippen LogP contribution is -2.52. The number of non-ortho nitro benzene ring substituents is 1. The van der Waals surface area contributed by atoms with Crippen molar-refractivity contribution in [3.63, 3.8) is 0 Å². The van der Waals surface area contributed by atoms with Crippen LogP contribution in [0.25, 0.3) is 0 Å². The number of hydrogen-bond acceptors (Lipinski definition) is 7. The highest BCUT2D eigenvalue weighted by Gasteiger charge is 2.67. The van der Waals surface area contributed by atoms with Gasteiger partial charge in [0.2, 0.25) is 0 Å². The van der Waals surface area contributed by atoms with Gasteiger partial charge in [0.05, 0.1) is 27.3 Å². The second-order valence-corrected chi connectivity index (χ2v) is 13.2. The number of benzene rings is 3. The van der Waals surface area contributed by atoms with Crippen LogP contribution in [0.3, 0.4) is 0 Å². The number of hydrazine groups is 1. The molecule has 0 N–H and O–H groups in total. The molecule has 3 aromatic rings. The highest BCUT2D eigenvalue weighted by atomic mass is 79.9. The Morgan fingerprint density at radius 2 is 1.44 bits per heavy atom. The zero-order chi connectivity index (χ0) is 30.6. The molecule has 3 amide bonds. The summed E-state index contributed by atoms with van der Waals surface area (Å²) in [7, 11) is 0. The normalized spacial score (nSPS) is 25.5. The third kappa shape index (κ3) is 5.15. The molecule has 1 heterocycles. The third-order valence-corrected chi connectivity index (χ3v) is 11.8. The summed E-state index contributed by atoms with van der Waals surface area (Å²) >= 11 is 13.6. The molecule has 220 valence electrons. The standard InChI is InChI=1S/C30H22Br2ClN3O7/c31-26-20-13-21(27(26)32)25-24(20)29(39)35(30(25)40)34(28(38)19-3-1-2-4-22(19)33)14-23(37)15-5-9-17(10-6-15)43-18-11-7-16(8-12-18)36(41)42/h1-12,20-21,24-27H,13-14H2/t20-,21-,24-,25-,26+,27+/m1/s1. The number of nitrogens with zero attached hydrogens (tertiary/aromatic N) is 3. The van der Waals surface area contributed by atoms with Crippen LogP contribution >= 0.6 is 43.5 Å². The fourth-order valence-corrected chi connectivity index (χ4v) is 8.38. The van der Waals surface area contributed by atoms with Gasteiger partial charge in [0.1, 0.15) is 18.0 Å². The van der Waals surface area contributed by atoms with Crippen molar-refractivity contribution in [3.8, 4) is 11.5 Å². The lowest BCUT2D eigenvalue weighted by Gasteiger charge is -2.31. The fraction of sp³-hybridized carbons (Fsp3) is 0.267. The van der Waals surface area contributed by atoms with E-state index in [0.29, 0.717) is 11.5 Å². The van der Waals surface area contributed by atoms with Crippen LogP contribution in [0.1, 0.15) is 27.1 Å². The van der Waals surface area contributed by atoms with Crippen LogP contribution in [0.15, 0.2) is 72.8 Å². The molecular formula is C30H22Br2ClN3O7. The SMILES string of the molecule is O=C(CN(C(=O)c1ccccc1Cl)N1C(=O)[C@@H]2[C@H]3C[C@@H]([C@H](Br)[C@H]3Br)[C@H]2C1=O)c1ccc(Oc2ccc([N+](=O)[O-])cc2)cc1. The number of amides is 3. The maximum atomic E-state index is 13.8. The summed E-state index contributed by atoms with van der Waals surface area (Å²) in [6.45, 7) is -0.575. The quantitative estimate of drug-likeness (QED) is 0.0907. The monoisotopic (exact) mass is 729 g/mol. The molecule has 10 nitrogen and oxygen atoms in total. The number of ether oxygens (including phenoxy) is 1. The van der Waals surface area contributed by atoms with Gasteiger partial charge >= 0.3 is 0 Å². The average Bonchev–Trinajstić information content (AvgIpc) is 3.61. The number of imide groups is 1. The highest BCUT2D eigenvalue weighted by Crippen LogP contribution is 2.60. The molecule has 0 unspecified atom stereocenters. The molecule has 2 bridgehead atoms. The van der Waals surface area contributed by atoms with Crippen molar-refractivity contribution in [3.05, 3.63) is 99.1 Å². The average molecular weight is 732 g/mol. The molecule has 6 rings (SSSR count). The first-order valence-corrected chi connectivity index (χ1v) is 15.6. The van der Waals surface area contributed by atoms with Crippen LogP contribution < -0.4 is 4.74 Å². The van der Waals surface area contributed by atoms with E-state index in [4.69, 9.17) is 16.3 Å². The number of Topliss-reactive ketones (excluding diaryl/α,β-unsaturated/α-hetero) is 1. The van der Waals surface area contributed by atoms with E-state index in [1.54, 1.807) is 12.1 Å². The lowest BCUT2D eigenvalue weighted by molar-refractivity contribution is -0.384. The van der Waals surface area contributed by atoms with Crippen LogP contribution in [0.5, 0.6) is 11.5 Å². The van der Waals surface area contributed by atoms with Crippen LogP contribution in [0.4, 0.5) is 5.69 Å². The topological polar surface area (TPSA) is 127 Å². The number of hydrogen-bond donors (Lipinski definition) is 0. The minimum Gasteiger partial charge on any atom is -0.457 e. The Balaban J connectivity index is 1.25. The van der Waals surface area contributed by atoms with Crippen molar-refractivity contribution in [2.75, 3.05) is 6.54 Å². The molecule has 3 aromatic carbocycles. The largest absolute Gasteiger partial charge is 0.457 e. The first-order valence-electron chi connectivity index (χ1n) is 13.3. The number of alkyl halides is 2. The Kier molecular flexibility index (Phi) is 7.86. The van der Waals surface area contributed by atoms with E-state index in [2.05, 4.69) is 31.9 Å². The number of ketones is 1. The second kappa shape index (κ2) is 11.5. The molecule has 2 aliphatic carbocycles. The maximum Gasteiger partial charge on any atom is 0.274 e. The molecule has 0 aromatic heterocycles. The predicted octanol–water partition coefficient (Wildman–Crippen LogP) is 6.06. The fourth-order valence-electron chi connectivity index (χ4n) is 6.29. The first kappa shape index (κ1) is 29.5. The van der Waals surface area contributed by atoms with Crippen molar-refractivity contribution in [1.82, 2.24) is 10.0 Å². The van der Waals surface area contributed by atoms with E-state index in [1.807, 2.05) is 0 Å². The number of rotatable bonds is 8. The molecule has 6 atom stereocenters. The van der Waals surface area contributed by atoms with E-state index in [0.717, 1.165) is 16.4 Å². The maximum absolute atomic E-state index is 13.8. The molecular weight excluding hydrogens is 710 g/mol. The lowest BCUT2D eigenvalue weighted by atomic mass is 9.81. The van der Waals surface area contributed by atoms with Crippen molar-refractivity contribution in [2.45, 2.75) is 16.1 Å². The zero-order valence-electron chi connectivity index (χ0n) is 22.1. The van der Waals surface area contributed by atoms with Crippen molar-refractivity contribution >= 4 is 72.7 Å². The highest BCUT2D eigenvalue weighted by molar-refractivity contribution is 9.12. The van der Waals surface area contributed by atoms with E-state index < -0.39 is 46.8 Å². The van der Waals surface area contributed by atoms with Crippen LogP contribution in [-0.4, -0.2) is 54.6 Å². The van der Waals surface area contributed by atoms with Crippen LogP contribution in [0.2, 0.25) is 5.02 Å². The van der Waals surface area contributed by atoms with Gasteiger partial charge in [-0.25, -0.2) is 5.01 Å². The van der Waals surface area contributed by atoms with Gasteiger partial charge < -0.3 is 4.74 Å². The Morgan fingerprint density at radius 1 is 0.907 bits per heavy atom. The van der Waals surface area contributed by atoms with E-state index in [1.165, 1.54) is 60.7 Å². The van der Waals surface area contributed by atoms with Gasteiger partial charge in [0.15, 0.2) is 5.78 Å². The molecule has 3 aliphatic rings. The number of nitro groups is 1. The molecule has 43 heavy (non-hydrogen) atoms. The third-order valence-electron chi connectivity index (χ3n) is 8.30. The Hall–Kier alpha value is -3.61. The van der Waals surface area contributed by atoms with E-state index >= 15 is 0 Å². The van der Waals surface area contributed by atoms with Gasteiger partial charge in [-0.05, 0) is 66.8 Å². The van der Waals surface area contributed by atoms with Crippen LogP contribution in [-0.2, 0) is 9.59 Å².